The summed E-state index contributed by atoms with van der Waals surface area (Å²) in [5.74, 6) is 1.13. The quantitative estimate of drug-likeness (QED) is 0.753. The van der Waals surface area contributed by atoms with Crippen molar-refractivity contribution < 1.29 is 0 Å². The molecule has 6 nitrogen and oxygen atoms in total. The zero-order valence-corrected chi connectivity index (χ0v) is 10.9. The highest BCUT2D eigenvalue weighted by atomic mass is 16.1. The molecule has 0 unspecified atom stereocenters. The standard InChI is InChI=1S/C14H13N5O/c1-9-18-11-4-7-16-13(12(11)14(20)19-9)17-8-10-2-5-15-6-3-10/h2-7H,8H2,1H3,(H,16,17)(H,18,19,20). The number of H-pyrrole nitrogens is 1. The van der Waals surface area contributed by atoms with Gasteiger partial charge in [0.1, 0.15) is 17.0 Å². The zero-order valence-electron chi connectivity index (χ0n) is 10.9. The van der Waals surface area contributed by atoms with Crippen LogP contribution in [0.4, 0.5) is 5.82 Å². The number of anilines is 1. The Morgan fingerprint density at radius 1 is 1.20 bits per heavy atom. The summed E-state index contributed by atoms with van der Waals surface area (Å²) in [6.07, 6.45) is 5.10. The van der Waals surface area contributed by atoms with Gasteiger partial charge in [-0.25, -0.2) is 9.97 Å². The van der Waals surface area contributed by atoms with E-state index < -0.39 is 0 Å². The maximum atomic E-state index is 12.0. The lowest BCUT2D eigenvalue weighted by molar-refractivity contribution is 1.05. The summed E-state index contributed by atoms with van der Waals surface area (Å²) in [7, 11) is 0. The van der Waals surface area contributed by atoms with E-state index in [2.05, 4.69) is 25.3 Å². The van der Waals surface area contributed by atoms with Crippen molar-refractivity contribution in [2.45, 2.75) is 13.5 Å². The van der Waals surface area contributed by atoms with Crippen LogP contribution in [-0.4, -0.2) is 19.9 Å². The minimum Gasteiger partial charge on any atom is -0.365 e. The van der Waals surface area contributed by atoms with Crippen LogP contribution in [0.25, 0.3) is 10.9 Å². The minimum absolute atomic E-state index is 0.183. The van der Waals surface area contributed by atoms with Gasteiger partial charge in [-0.1, -0.05) is 0 Å². The van der Waals surface area contributed by atoms with Crippen molar-refractivity contribution >= 4 is 16.7 Å². The Bertz CT molecular complexity index is 798. The molecule has 0 amide bonds. The van der Waals surface area contributed by atoms with Gasteiger partial charge in [0.25, 0.3) is 5.56 Å². The van der Waals surface area contributed by atoms with Gasteiger partial charge in [0.2, 0.25) is 0 Å². The van der Waals surface area contributed by atoms with E-state index in [9.17, 15) is 4.79 Å². The van der Waals surface area contributed by atoms with Gasteiger partial charge in [-0.05, 0) is 30.7 Å². The molecule has 0 aliphatic rings. The Kier molecular flexibility index (Phi) is 3.12. The summed E-state index contributed by atoms with van der Waals surface area (Å²) in [6.45, 7) is 2.33. The molecule has 0 fully saturated rings. The zero-order chi connectivity index (χ0) is 13.9. The summed E-state index contributed by atoms with van der Waals surface area (Å²) in [6, 6.07) is 5.55. The van der Waals surface area contributed by atoms with Gasteiger partial charge >= 0.3 is 0 Å². The molecular formula is C14H13N5O. The van der Waals surface area contributed by atoms with Crippen molar-refractivity contribution in [3.8, 4) is 0 Å². The van der Waals surface area contributed by atoms with Crippen LogP contribution < -0.4 is 10.9 Å². The van der Waals surface area contributed by atoms with Gasteiger partial charge in [0, 0.05) is 25.1 Å². The molecule has 3 aromatic heterocycles. The minimum atomic E-state index is -0.183. The lowest BCUT2D eigenvalue weighted by atomic mass is 10.2. The Hall–Kier alpha value is -2.76. The van der Waals surface area contributed by atoms with Crippen LogP contribution >= 0.6 is 0 Å². The smallest absolute Gasteiger partial charge is 0.262 e. The first-order chi connectivity index (χ1) is 9.74. The van der Waals surface area contributed by atoms with Crippen LogP contribution in [-0.2, 0) is 6.54 Å². The lowest BCUT2D eigenvalue weighted by Gasteiger charge is -2.08. The third-order valence-electron chi connectivity index (χ3n) is 2.95. The number of nitrogens with one attached hydrogen (secondary N) is 2. The number of aromatic nitrogens is 4. The van der Waals surface area contributed by atoms with E-state index in [1.165, 1.54) is 0 Å². The van der Waals surface area contributed by atoms with Gasteiger partial charge in [0.05, 0.1) is 5.52 Å². The molecule has 0 saturated heterocycles. The molecule has 0 radical (unpaired) electrons. The molecule has 0 saturated carbocycles. The average Bonchev–Trinajstić information content (AvgIpc) is 2.45. The Morgan fingerprint density at radius 3 is 2.80 bits per heavy atom. The summed E-state index contributed by atoms with van der Waals surface area (Å²) in [5, 5.41) is 3.64. The van der Waals surface area contributed by atoms with Gasteiger partial charge < -0.3 is 10.3 Å². The second-order valence-corrected chi connectivity index (χ2v) is 4.41. The topological polar surface area (TPSA) is 83.6 Å². The van der Waals surface area contributed by atoms with Crippen LogP contribution in [0.3, 0.4) is 0 Å². The van der Waals surface area contributed by atoms with E-state index in [0.717, 1.165) is 5.56 Å². The molecule has 0 bridgehead atoms. The number of fused-ring (bicyclic) bond motifs is 1. The molecule has 0 spiro atoms. The highest BCUT2D eigenvalue weighted by Crippen LogP contribution is 2.15. The van der Waals surface area contributed by atoms with Crippen LogP contribution in [0.5, 0.6) is 0 Å². The van der Waals surface area contributed by atoms with Crippen LogP contribution in [0.1, 0.15) is 11.4 Å². The van der Waals surface area contributed by atoms with Gasteiger partial charge in [0.15, 0.2) is 0 Å². The van der Waals surface area contributed by atoms with E-state index >= 15 is 0 Å². The van der Waals surface area contributed by atoms with Crippen molar-refractivity contribution in [3.05, 3.63) is 58.5 Å². The normalized spacial score (nSPS) is 10.7. The van der Waals surface area contributed by atoms with Gasteiger partial charge in [-0.15, -0.1) is 0 Å². The van der Waals surface area contributed by atoms with Crippen molar-refractivity contribution in [1.29, 1.82) is 0 Å². The highest BCUT2D eigenvalue weighted by Gasteiger charge is 2.08. The summed E-state index contributed by atoms with van der Waals surface area (Å²) >= 11 is 0. The third kappa shape index (κ3) is 2.35. The number of aromatic amines is 1. The fourth-order valence-electron chi connectivity index (χ4n) is 2.02. The van der Waals surface area contributed by atoms with E-state index in [-0.39, 0.29) is 5.56 Å². The number of rotatable bonds is 3. The Labute approximate surface area is 114 Å². The van der Waals surface area contributed by atoms with Crippen LogP contribution in [0.15, 0.2) is 41.6 Å². The van der Waals surface area contributed by atoms with E-state index in [4.69, 9.17) is 0 Å². The number of nitrogens with zero attached hydrogens (tertiary/aromatic N) is 3. The van der Waals surface area contributed by atoms with Crippen molar-refractivity contribution in [1.82, 2.24) is 19.9 Å². The van der Waals surface area contributed by atoms with E-state index in [1.807, 2.05) is 12.1 Å². The van der Waals surface area contributed by atoms with E-state index in [0.29, 0.717) is 29.1 Å². The average molecular weight is 267 g/mol. The molecule has 0 atom stereocenters. The predicted octanol–water partition coefficient (Wildman–Crippen LogP) is 1.63. The third-order valence-corrected chi connectivity index (χ3v) is 2.95. The molecule has 0 aromatic carbocycles. The van der Waals surface area contributed by atoms with E-state index in [1.54, 1.807) is 31.6 Å². The van der Waals surface area contributed by atoms with Crippen LogP contribution in [0, 0.1) is 6.92 Å². The molecule has 100 valence electrons. The van der Waals surface area contributed by atoms with Gasteiger partial charge in [-0.3, -0.25) is 9.78 Å². The maximum absolute atomic E-state index is 12.0. The first kappa shape index (κ1) is 12.3. The summed E-state index contributed by atoms with van der Waals surface area (Å²) in [4.78, 5) is 27.2. The molecular weight excluding hydrogens is 254 g/mol. The van der Waals surface area contributed by atoms with Crippen molar-refractivity contribution in [2.75, 3.05) is 5.32 Å². The molecule has 0 aliphatic heterocycles. The molecule has 0 aliphatic carbocycles. The number of aryl methyl sites for hydroxylation is 1. The molecule has 6 heteroatoms. The number of hydrogen-bond acceptors (Lipinski definition) is 5. The molecule has 3 rings (SSSR count). The largest absolute Gasteiger partial charge is 0.365 e. The Balaban J connectivity index is 1.98. The Morgan fingerprint density at radius 2 is 2.00 bits per heavy atom. The second-order valence-electron chi connectivity index (χ2n) is 4.41. The lowest BCUT2D eigenvalue weighted by Crippen LogP contribution is -2.13. The summed E-state index contributed by atoms with van der Waals surface area (Å²) in [5.41, 5.74) is 1.52. The first-order valence-corrected chi connectivity index (χ1v) is 6.22. The summed E-state index contributed by atoms with van der Waals surface area (Å²) < 4.78 is 0. The van der Waals surface area contributed by atoms with Gasteiger partial charge in [-0.2, -0.15) is 0 Å². The second kappa shape index (κ2) is 5.08. The fraction of sp³-hybridized carbons (Fsp3) is 0.143. The molecule has 20 heavy (non-hydrogen) atoms. The molecule has 3 aromatic rings. The molecule has 2 N–H and O–H groups in total. The van der Waals surface area contributed by atoms with Crippen LogP contribution in [0.2, 0.25) is 0 Å². The highest BCUT2D eigenvalue weighted by molar-refractivity contribution is 5.87. The number of pyridine rings is 2. The maximum Gasteiger partial charge on any atom is 0.262 e. The molecule has 3 heterocycles. The monoisotopic (exact) mass is 267 g/mol. The van der Waals surface area contributed by atoms with Crippen molar-refractivity contribution in [3.63, 3.8) is 0 Å². The predicted molar refractivity (Wildman–Crippen MR) is 76.5 cm³/mol. The van der Waals surface area contributed by atoms with Crippen molar-refractivity contribution in [2.24, 2.45) is 0 Å². The fourth-order valence-corrected chi connectivity index (χ4v) is 2.02. The SMILES string of the molecule is Cc1nc2ccnc(NCc3ccncc3)c2c(=O)[nH]1. The number of hydrogen-bond donors (Lipinski definition) is 2. The first-order valence-electron chi connectivity index (χ1n) is 6.22.